The van der Waals surface area contributed by atoms with Gasteiger partial charge < -0.3 is 14.0 Å². The first kappa shape index (κ1) is 21.8. The molecule has 2 aromatic carbocycles. The summed E-state index contributed by atoms with van der Waals surface area (Å²) in [6.45, 7) is 0.0405. The van der Waals surface area contributed by atoms with Gasteiger partial charge in [-0.15, -0.1) is 0 Å². The van der Waals surface area contributed by atoms with Gasteiger partial charge in [-0.05, 0) is 39.8 Å². The summed E-state index contributed by atoms with van der Waals surface area (Å²) in [6.07, 6.45) is -0.0975. The Morgan fingerprint density at radius 1 is 0.906 bits per heavy atom. The summed E-state index contributed by atoms with van der Waals surface area (Å²) in [7, 11) is 1.90. The summed E-state index contributed by atoms with van der Waals surface area (Å²) in [5.74, 6) is 0.131. The molecule has 2 heterocycles. The van der Waals surface area contributed by atoms with Crippen LogP contribution >= 0.6 is 22.6 Å². The second kappa shape index (κ2) is 9.82. The van der Waals surface area contributed by atoms with Crippen LogP contribution in [0, 0.1) is 3.70 Å². The van der Waals surface area contributed by atoms with Gasteiger partial charge in [0.15, 0.2) is 5.82 Å². The summed E-state index contributed by atoms with van der Waals surface area (Å²) < 4.78 is 13.8. The van der Waals surface area contributed by atoms with Crippen molar-refractivity contribution >= 4 is 51.5 Å². The summed E-state index contributed by atoms with van der Waals surface area (Å²) in [5.41, 5.74) is 2.44. The van der Waals surface area contributed by atoms with E-state index in [1.165, 1.54) is 0 Å². The predicted octanol–water partition coefficient (Wildman–Crippen LogP) is 5.66. The fourth-order valence-electron chi connectivity index (χ4n) is 3.14. The first-order valence-corrected chi connectivity index (χ1v) is 10.9. The Labute approximate surface area is 198 Å². The molecule has 0 aliphatic rings. The molecule has 162 valence electrons. The fourth-order valence-corrected chi connectivity index (χ4v) is 3.73. The lowest BCUT2D eigenvalue weighted by Gasteiger charge is -2.19. The number of amides is 2. The van der Waals surface area contributed by atoms with Crippen LogP contribution < -0.4 is 4.90 Å². The number of nitrogens with zero attached hydrogens (tertiary/aromatic N) is 3. The molecule has 2 amide bonds. The van der Waals surface area contributed by atoms with Gasteiger partial charge in [0.2, 0.25) is 0 Å². The van der Waals surface area contributed by atoms with E-state index in [9.17, 15) is 9.59 Å². The molecular weight excluding hydrogens is 521 g/mol. The number of pyridine rings is 1. The van der Waals surface area contributed by atoms with Crippen LogP contribution in [0.4, 0.5) is 15.4 Å². The Hall–Kier alpha value is -3.40. The molecule has 8 heteroatoms. The zero-order chi connectivity index (χ0) is 22.5. The molecule has 7 nitrogen and oxygen atoms in total. The van der Waals surface area contributed by atoms with Crippen LogP contribution in [-0.4, -0.2) is 21.7 Å². The average molecular weight is 541 g/mol. The van der Waals surface area contributed by atoms with E-state index < -0.39 is 12.2 Å². The zero-order valence-corrected chi connectivity index (χ0v) is 19.4. The first-order valence-electron chi connectivity index (χ1n) is 9.85. The second-order valence-corrected chi connectivity index (χ2v) is 8.15. The van der Waals surface area contributed by atoms with E-state index in [2.05, 4.69) is 27.6 Å². The topological polar surface area (TPSA) is 73.7 Å². The predicted molar refractivity (Wildman–Crippen MR) is 129 cm³/mol. The third-order valence-corrected chi connectivity index (χ3v) is 5.89. The van der Waals surface area contributed by atoms with Gasteiger partial charge in [-0.3, -0.25) is 0 Å². The van der Waals surface area contributed by atoms with Gasteiger partial charge in [0.1, 0.15) is 13.2 Å². The van der Waals surface area contributed by atoms with Crippen LogP contribution in [-0.2, 0) is 29.7 Å². The molecule has 0 radical (unpaired) electrons. The monoisotopic (exact) mass is 541 g/mol. The normalized spacial score (nSPS) is 10.7. The first-order chi connectivity index (χ1) is 15.5. The maximum atomic E-state index is 13.0. The molecule has 0 saturated carbocycles. The van der Waals surface area contributed by atoms with Gasteiger partial charge in [0.05, 0.1) is 9.22 Å². The highest BCUT2D eigenvalue weighted by atomic mass is 127. The van der Waals surface area contributed by atoms with Crippen LogP contribution in [0.1, 0.15) is 11.1 Å². The Morgan fingerprint density at radius 2 is 1.44 bits per heavy atom. The zero-order valence-electron chi connectivity index (χ0n) is 17.3. The van der Waals surface area contributed by atoms with Crippen LogP contribution in [0.3, 0.4) is 0 Å². The summed E-state index contributed by atoms with van der Waals surface area (Å²) in [4.78, 5) is 31.0. The third-order valence-electron chi connectivity index (χ3n) is 4.86. The Balaban J connectivity index is 1.60. The molecule has 4 rings (SSSR count). The van der Waals surface area contributed by atoms with Crippen LogP contribution in [0.15, 0.2) is 79.0 Å². The number of halogens is 1. The maximum Gasteiger partial charge on any atom is 0.425 e. The van der Waals surface area contributed by atoms with Gasteiger partial charge in [0, 0.05) is 24.7 Å². The van der Waals surface area contributed by atoms with E-state index in [1.807, 2.05) is 78.3 Å². The molecule has 0 atom stereocenters. The highest BCUT2D eigenvalue weighted by Gasteiger charge is 2.29. The number of rotatable bonds is 5. The maximum absolute atomic E-state index is 13.0. The minimum atomic E-state index is -0.859. The van der Waals surface area contributed by atoms with Gasteiger partial charge >= 0.3 is 12.2 Å². The van der Waals surface area contributed by atoms with Crippen LogP contribution in [0.5, 0.6) is 0 Å². The number of ether oxygens (including phenoxy) is 2. The average Bonchev–Trinajstić information content (AvgIpc) is 3.11. The van der Waals surface area contributed by atoms with Gasteiger partial charge in [0.25, 0.3) is 0 Å². The van der Waals surface area contributed by atoms with E-state index >= 15 is 0 Å². The number of aromatic nitrogens is 2. The minimum absolute atomic E-state index is 0.0203. The highest BCUT2D eigenvalue weighted by molar-refractivity contribution is 14.1. The molecule has 32 heavy (non-hydrogen) atoms. The van der Waals surface area contributed by atoms with Crippen LogP contribution in [0.2, 0.25) is 0 Å². The second-order valence-electron chi connectivity index (χ2n) is 7.04. The lowest BCUT2D eigenvalue weighted by atomic mass is 10.2. The molecule has 2 aromatic heterocycles. The largest absolute Gasteiger partial charge is 0.444 e. The van der Waals surface area contributed by atoms with Crippen molar-refractivity contribution in [2.45, 2.75) is 13.2 Å². The van der Waals surface area contributed by atoms with Gasteiger partial charge in [-0.25, -0.2) is 14.6 Å². The van der Waals surface area contributed by atoms with Crippen molar-refractivity contribution in [2.24, 2.45) is 7.05 Å². The van der Waals surface area contributed by atoms with E-state index in [0.29, 0.717) is 0 Å². The molecule has 4 aromatic rings. The number of fused-ring (bicyclic) bond motifs is 1. The number of hydrogen-bond acceptors (Lipinski definition) is 5. The molecule has 0 spiro atoms. The Morgan fingerprint density at radius 3 is 1.97 bits per heavy atom. The van der Waals surface area contributed by atoms with Crippen LogP contribution in [0.25, 0.3) is 10.9 Å². The smallest absolute Gasteiger partial charge is 0.425 e. The highest BCUT2D eigenvalue weighted by Crippen LogP contribution is 2.24. The third kappa shape index (κ3) is 4.91. The Kier molecular flexibility index (Phi) is 6.69. The number of imide groups is 1. The SMILES string of the molecule is Cn1c(I)cc2cnc(N(C(=O)OCc3ccccc3)C(=O)OCc3ccccc3)cc21. The number of carbonyl (C=O) groups is 2. The van der Waals surface area contributed by atoms with Gasteiger partial charge in [-0.1, -0.05) is 60.7 Å². The number of benzene rings is 2. The van der Waals surface area contributed by atoms with Gasteiger partial charge in [-0.2, -0.15) is 4.90 Å². The number of anilines is 1. The van der Waals surface area contributed by atoms with E-state index in [0.717, 1.165) is 30.6 Å². The molecule has 0 N–H and O–H groups in total. The summed E-state index contributed by atoms with van der Waals surface area (Å²) in [6, 6.07) is 22.1. The molecule has 0 aliphatic heterocycles. The van der Waals surface area contributed by atoms with Crippen molar-refractivity contribution in [3.63, 3.8) is 0 Å². The molecule has 0 aliphatic carbocycles. The number of aryl methyl sites for hydroxylation is 1. The summed E-state index contributed by atoms with van der Waals surface area (Å²) >= 11 is 2.21. The van der Waals surface area contributed by atoms with E-state index in [4.69, 9.17) is 9.47 Å². The number of hydrogen-bond donors (Lipinski definition) is 0. The molecule has 0 bridgehead atoms. The van der Waals surface area contributed by atoms with Crippen molar-refractivity contribution in [2.75, 3.05) is 4.90 Å². The van der Waals surface area contributed by atoms with Crippen molar-refractivity contribution in [3.8, 4) is 0 Å². The molecular formula is C24H20IN3O4. The van der Waals surface area contributed by atoms with Crippen molar-refractivity contribution in [1.82, 2.24) is 9.55 Å². The number of carbonyl (C=O) groups excluding carboxylic acids is 2. The Bertz CT molecular complexity index is 1190. The van der Waals surface area contributed by atoms with Crippen molar-refractivity contribution in [3.05, 3.63) is 93.8 Å². The van der Waals surface area contributed by atoms with E-state index in [-0.39, 0.29) is 19.0 Å². The molecule has 0 unspecified atom stereocenters. The lowest BCUT2D eigenvalue weighted by Crippen LogP contribution is -2.38. The standard InChI is InChI=1S/C24H20IN3O4/c1-27-20-13-22(26-14-19(20)12-21(27)25)28(23(29)31-15-17-8-4-2-5-9-17)24(30)32-16-18-10-6-3-7-11-18/h2-14H,15-16H2,1H3. The lowest BCUT2D eigenvalue weighted by molar-refractivity contribution is 0.127. The van der Waals surface area contributed by atoms with E-state index in [1.54, 1.807) is 12.3 Å². The van der Waals surface area contributed by atoms with Crippen molar-refractivity contribution < 1.29 is 19.1 Å². The minimum Gasteiger partial charge on any atom is -0.444 e. The van der Waals surface area contributed by atoms with Crippen molar-refractivity contribution in [1.29, 1.82) is 0 Å². The molecule has 0 saturated heterocycles. The summed E-state index contributed by atoms with van der Waals surface area (Å²) in [5, 5.41) is 0.899. The quantitative estimate of drug-likeness (QED) is 0.305. The fraction of sp³-hybridized carbons (Fsp3) is 0.125. The molecule has 0 fully saturated rings.